The number of carbonyl (C=O) groups is 2. The molecule has 0 unspecified atom stereocenters. The van der Waals surface area contributed by atoms with Gasteiger partial charge in [0.15, 0.2) is 5.13 Å². The third kappa shape index (κ3) is 5.13. The summed E-state index contributed by atoms with van der Waals surface area (Å²) in [6.07, 6.45) is 4.55. The topological polar surface area (TPSA) is 76.0 Å². The summed E-state index contributed by atoms with van der Waals surface area (Å²) < 4.78 is 2.84. The molecule has 158 valence electrons. The van der Waals surface area contributed by atoms with Crippen LogP contribution in [0.4, 0.5) is 0 Å². The lowest BCUT2D eigenvalue weighted by Crippen LogP contribution is -2.45. The molecule has 0 fully saturated rings. The number of nitrogens with zero attached hydrogens (tertiary/aromatic N) is 2. The molecule has 6 nitrogen and oxygen atoms in total. The molecule has 0 saturated heterocycles. The van der Waals surface area contributed by atoms with Gasteiger partial charge in [-0.15, -0.1) is 0 Å². The number of hydrogen-bond donors (Lipinski definition) is 2. The third-order valence-electron chi connectivity index (χ3n) is 4.83. The van der Waals surface area contributed by atoms with Gasteiger partial charge >= 0.3 is 0 Å². The summed E-state index contributed by atoms with van der Waals surface area (Å²) in [7, 11) is 0. The zero-order valence-electron chi connectivity index (χ0n) is 16.8. The second-order valence-electron chi connectivity index (χ2n) is 7.13. The van der Waals surface area contributed by atoms with Crippen LogP contribution in [0.25, 0.3) is 15.3 Å². The van der Waals surface area contributed by atoms with E-state index in [1.165, 1.54) is 11.3 Å². The van der Waals surface area contributed by atoms with E-state index >= 15 is 0 Å². The van der Waals surface area contributed by atoms with Crippen molar-refractivity contribution >= 4 is 45.0 Å². The van der Waals surface area contributed by atoms with Crippen molar-refractivity contribution < 1.29 is 9.59 Å². The Kier molecular flexibility index (Phi) is 6.34. The molecule has 0 aliphatic carbocycles. The predicted molar refractivity (Wildman–Crippen MR) is 124 cm³/mol. The van der Waals surface area contributed by atoms with Crippen molar-refractivity contribution in [1.82, 2.24) is 20.2 Å². The highest BCUT2D eigenvalue weighted by Crippen LogP contribution is 2.26. The minimum Gasteiger partial charge on any atom is -0.354 e. The summed E-state index contributed by atoms with van der Waals surface area (Å²) >= 11 is 7.39. The number of fused-ring (bicyclic) bond motifs is 1. The average molecular weight is 453 g/mol. The first kappa shape index (κ1) is 21.1. The van der Waals surface area contributed by atoms with Crippen LogP contribution in [-0.4, -0.2) is 34.0 Å². The number of carbonyl (C=O) groups excluding carboxylic acids is 2. The molecule has 0 bridgehead atoms. The molecule has 1 atom stereocenters. The smallest absolute Gasteiger partial charge is 0.251 e. The van der Waals surface area contributed by atoms with Crippen LogP contribution in [0.15, 0.2) is 67.0 Å². The molecule has 2 N–H and O–H groups in total. The van der Waals surface area contributed by atoms with E-state index in [4.69, 9.17) is 11.6 Å². The Labute approximate surface area is 188 Å². The van der Waals surface area contributed by atoms with E-state index in [1.807, 2.05) is 59.4 Å². The Morgan fingerprint density at radius 3 is 2.61 bits per heavy atom. The molecule has 4 aromatic rings. The van der Waals surface area contributed by atoms with Crippen molar-refractivity contribution in [3.63, 3.8) is 0 Å². The van der Waals surface area contributed by atoms with Gasteiger partial charge in [-0.1, -0.05) is 35.1 Å². The van der Waals surface area contributed by atoms with Gasteiger partial charge in [0.1, 0.15) is 6.04 Å². The van der Waals surface area contributed by atoms with Crippen molar-refractivity contribution in [3.8, 4) is 5.13 Å². The lowest BCUT2D eigenvalue weighted by molar-refractivity contribution is -0.122. The van der Waals surface area contributed by atoms with Gasteiger partial charge < -0.3 is 15.2 Å². The van der Waals surface area contributed by atoms with E-state index in [1.54, 1.807) is 19.1 Å². The number of nitrogens with one attached hydrogen (secondary N) is 2. The molecular formula is C23H21ClN4O2S. The van der Waals surface area contributed by atoms with Crippen LogP contribution in [0.2, 0.25) is 5.02 Å². The van der Waals surface area contributed by atoms with E-state index < -0.39 is 6.04 Å². The maximum Gasteiger partial charge on any atom is 0.251 e. The number of aromatic nitrogens is 2. The molecule has 8 heteroatoms. The number of hydrogen-bond acceptors (Lipinski definition) is 4. The van der Waals surface area contributed by atoms with Gasteiger partial charge in [0.05, 0.1) is 10.2 Å². The molecule has 0 radical (unpaired) electrons. The molecule has 31 heavy (non-hydrogen) atoms. The summed E-state index contributed by atoms with van der Waals surface area (Å²) in [5.41, 5.74) is 2.41. The van der Waals surface area contributed by atoms with E-state index in [0.717, 1.165) is 20.9 Å². The molecule has 0 aliphatic heterocycles. The molecule has 2 heterocycles. The highest BCUT2D eigenvalue weighted by atomic mass is 35.5. The second-order valence-corrected chi connectivity index (χ2v) is 8.58. The number of rotatable bonds is 7. The van der Waals surface area contributed by atoms with Crippen LogP contribution in [0, 0.1) is 0 Å². The lowest BCUT2D eigenvalue weighted by atomic mass is 10.1. The zero-order valence-corrected chi connectivity index (χ0v) is 18.4. The molecule has 2 aromatic carbocycles. The first-order valence-corrected chi connectivity index (χ1v) is 11.1. The van der Waals surface area contributed by atoms with Gasteiger partial charge in [0, 0.05) is 29.5 Å². The molecule has 0 spiro atoms. The van der Waals surface area contributed by atoms with Crippen molar-refractivity contribution in [2.24, 2.45) is 0 Å². The first-order chi connectivity index (χ1) is 15.0. The summed E-state index contributed by atoms with van der Waals surface area (Å²) in [4.78, 5) is 29.6. The number of thiazole rings is 1. The maximum atomic E-state index is 12.6. The fraction of sp³-hybridized carbons (Fsp3) is 0.174. The van der Waals surface area contributed by atoms with Crippen molar-refractivity contribution in [1.29, 1.82) is 0 Å². The lowest BCUT2D eigenvalue weighted by Gasteiger charge is -2.14. The van der Waals surface area contributed by atoms with E-state index in [0.29, 0.717) is 23.6 Å². The fourth-order valence-electron chi connectivity index (χ4n) is 3.11. The summed E-state index contributed by atoms with van der Waals surface area (Å²) in [5, 5.41) is 7.14. The van der Waals surface area contributed by atoms with Gasteiger partial charge in [0.25, 0.3) is 5.91 Å². The Morgan fingerprint density at radius 1 is 1.13 bits per heavy atom. The van der Waals surface area contributed by atoms with Gasteiger partial charge in [-0.2, -0.15) is 0 Å². The van der Waals surface area contributed by atoms with Gasteiger partial charge in [-0.3, -0.25) is 9.59 Å². The fourth-order valence-corrected chi connectivity index (χ4v) is 4.20. The van der Waals surface area contributed by atoms with E-state index in [-0.39, 0.29) is 11.8 Å². The SMILES string of the molecule is C[C@H](NC(=O)c1ccc2nc(-n3cccc3)sc2c1)C(=O)NCCc1ccc(Cl)cc1. The molecule has 0 saturated carbocycles. The molecule has 2 amide bonds. The predicted octanol–water partition coefficient (Wildman–Crippen LogP) is 4.22. The Bertz CT molecular complexity index is 1200. The van der Waals surface area contributed by atoms with Crippen molar-refractivity contribution in [2.45, 2.75) is 19.4 Å². The van der Waals surface area contributed by atoms with Gasteiger partial charge in [0.2, 0.25) is 5.91 Å². The van der Waals surface area contributed by atoms with Crippen LogP contribution in [0.1, 0.15) is 22.8 Å². The Morgan fingerprint density at radius 2 is 1.87 bits per heavy atom. The number of benzene rings is 2. The Balaban J connectivity index is 1.33. The highest BCUT2D eigenvalue weighted by molar-refractivity contribution is 7.20. The molecule has 4 rings (SSSR count). The normalized spacial score (nSPS) is 11.9. The van der Waals surface area contributed by atoms with E-state index in [2.05, 4.69) is 15.6 Å². The quantitative estimate of drug-likeness (QED) is 0.441. The second kappa shape index (κ2) is 9.32. The van der Waals surface area contributed by atoms with Crippen LogP contribution in [0.5, 0.6) is 0 Å². The minimum atomic E-state index is -0.648. The van der Waals surface area contributed by atoms with Crippen molar-refractivity contribution in [3.05, 3.63) is 83.1 Å². The maximum absolute atomic E-state index is 12.6. The number of halogens is 1. The highest BCUT2D eigenvalue weighted by Gasteiger charge is 2.17. The molecule has 0 aliphatic rings. The molecular weight excluding hydrogens is 432 g/mol. The van der Waals surface area contributed by atoms with Crippen LogP contribution < -0.4 is 10.6 Å². The largest absolute Gasteiger partial charge is 0.354 e. The summed E-state index contributed by atoms with van der Waals surface area (Å²) in [5.74, 6) is -0.519. The molecule has 2 aromatic heterocycles. The monoisotopic (exact) mass is 452 g/mol. The number of amides is 2. The van der Waals surface area contributed by atoms with Crippen LogP contribution in [-0.2, 0) is 11.2 Å². The Hall–Kier alpha value is -3.16. The minimum absolute atomic E-state index is 0.226. The third-order valence-corrected chi connectivity index (χ3v) is 6.12. The van der Waals surface area contributed by atoms with Crippen LogP contribution in [0.3, 0.4) is 0 Å². The van der Waals surface area contributed by atoms with Gasteiger partial charge in [-0.05, 0) is 61.4 Å². The standard InChI is InChI=1S/C23H21ClN4O2S/c1-15(21(29)25-11-10-16-4-7-18(24)8-5-16)26-22(30)17-6-9-19-20(14-17)31-23(27-19)28-12-2-3-13-28/h2-9,12-15H,10-11H2,1H3,(H,25,29)(H,26,30)/t15-/m0/s1. The van der Waals surface area contributed by atoms with Crippen LogP contribution >= 0.6 is 22.9 Å². The average Bonchev–Trinajstić information content (AvgIpc) is 3.44. The van der Waals surface area contributed by atoms with E-state index in [9.17, 15) is 9.59 Å². The first-order valence-electron chi connectivity index (χ1n) is 9.86. The zero-order chi connectivity index (χ0) is 21.8. The summed E-state index contributed by atoms with van der Waals surface area (Å²) in [6.45, 7) is 2.15. The van der Waals surface area contributed by atoms with Crippen molar-refractivity contribution in [2.75, 3.05) is 6.54 Å². The summed E-state index contributed by atoms with van der Waals surface area (Å²) in [6, 6.07) is 16.1. The van der Waals surface area contributed by atoms with Gasteiger partial charge in [-0.25, -0.2) is 4.98 Å².